The van der Waals surface area contributed by atoms with Crippen molar-refractivity contribution in [1.82, 2.24) is 19.4 Å². The van der Waals surface area contributed by atoms with Crippen LogP contribution in [-0.2, 0) is 18.5 Å². The monoisotopic (exact) mass is 366 g/mol. The highest BCUT2D eigenvalue weighted by Gasteiger charge is 2.46. The van der Waals surface area contributed by atoms with Gasteiger partial charge in [-0.1, -0.05) is 12.1 Å². The summed E-state index contributed by atoms with van der Waals surface area (Å²) in [5.41, 5.74) is 2.64. The smallest absolute Gasteiger partial charge is 0.217 e. The van der Waals surface area contributed by atoms with E-state index in [-0.39, 0.29) is 5.41 Å². The van der Waals surface area contributed by atoms with Gasteiger partial charge in [-0.25, -0.2) is 9.97 Å². The maximum atomic E-state index is 5.42. The number of pyridine rings is 1. The number of hydrogen-bond acceptors (Lipinski definition) is 5. The van der Waals surface area contributed by atoms with Gasteiger partial charge in [-0.3, -0.25) is 4.90 Å². The van der Waals surface area contributed by atoms with Crippen molar-refractivity contribution < 1.29 is 4.74 Å². The maximum absolute atomic E-state index is 5.42. The molecule has 0 aliphatic carbocycles. The lowest BCUT2D eigenvalue weighted by Crippen LogP contribution is -2.29. The summed E-state index contributed by atoms with van der Waals surface area (Å²) in [6.45, 7) is 4.12. The Hall–Kier alpha value is -2.18. The lowest BCUT2D eigenvalue weighted by Gasteiger charge is -2.23. The van der Waals surface area contributed by atoms with Crippen molar-refractivity contribution >= 4 is 11.3 Å². The van der Waals surface area contributed by atoms with E-state index < -0.39 is 0 Å². The van der Waals surface area contributed by atoms with Crippen molar-refractivity contribution in [3.8, 4) is 16.5 Å². The fourth-order valence-electron chi connectivity index (χ4n) is 4.53. The molecular weight excluding hydrogens is 344 g/mol. The predicted molar refractivity (Wildman–Crippen MR) is 103 cm³/mol. The van der Waals surface area contributed by atoms with Crippen LogP contribution in [0.3, 0.4) is 0 Å². The Morgan fingerprint density at radius 3 is 2.96 bits per heavy atom. The molecule has 3 aromatic heterocycles. The number of fused-ring (bicyclic) bond motifs is 2. The minimum absolute atomic E-state index is 0.199. The lowest BCUT2D eigenvalue weighted by atomic mass is 9.85. The second kappa shape index (κ2) is 6.21. The largest absolute Gasteiger partial charge is 0.481 e. The molecule has 0 amide bonds. The molecule has 5 nitrogen and oxygen atoms in total. The summed E-state index contributed by atoms with van der Waals surface area (Å²) in [4.78, 5) is 13.0. The first-order chi connectivity index (χ1) is 12.8. The summed E-state index contributed by atoms with van der Waals surface area (Å²) in [6.07, 6.45) is 6.22. The Bertz CT molecular complexity index is 920. The molecule has 2 aliphatic rings. The molecule has 3 aromatic rings. The molecule has 1 fully saturated rings. The van der Waals surface area contributed by atoms with Crippen molar-refractivity contribution in [2.24, 2.45) is 0 Å². The third-order valence-corrected chi connectivity index (χ3v) is 6.68. The zero-order chi connectivity index (χ0) is 17.6. The van der Waals surface area contributed by atoms with Crippen molar-refractivity contribution in [3.63, 3.8) is 0 Å². The van der Waals surface area contributed by atoms with Gasteiger partial charge in [0, 0.05) is 36.8 Å². The molecule has 5 rings (SSSR count). The highest BCUT2D eigenvalue weighted by Crippen LogP contribution is 2.44. The van der Waals surface area contributed by atoms with E-state index in [2.05, 4.69) is 44.2 Å². The van der Waals surface area contributed by atoms with Crippen molar-refractivity contribution in [2.75, 3.05) is 20.2 Å². The molecular formula is C20H22N4OS. The van der Waals surface area contributed by atoms with Crippen LogP contribution in [0.4, 0.5) is 0 Å². The van der Waals surface area contributed by atoms with Crippen molar-refractivity contribution in [3.05, 3.63) is 53.4 Å². The number of thiophene rings is 1. The van der Waals surface area contributed by atoms with Crippen LogP contribution < -0.4 is 4.74 Å². The number of ether oxygens (including phenoxy) is 1. The van der Waals surface area contributed by atoms with Gasteiger partial charge in [-0.2, -0.15) is 0 Å². The van der Waals surface area contributed by atoms with Gasteiger partial charge < -0.3 is 9.30 Å². The summed E-state index contributed by atoms with van der Waals surface area (Å²) in [6, 6.07) is 8.40. The third-order valence-electron chi connectivity index (χ3n) is 5.79. The normalized spacial score (nSPS) is 22.2. The summed E-state index contributed by atoms with van der Waals surface area (Å²) < 4.78 is 7.86. The van der Waals surface area contributed by atoms with E-state index in [1.807, 2.05) is 6.07 Å². The minimum atomic E-state index is 0.199. The van der Waals surface area contributed by atoms with E-state index in [9.17, 15) is 0 Å². The first-order valence-electron chi connectivity index (χ1n) is 9.09. The van der Waals surface area contributed by atoms with Crippen LogP contribution in [0.25, 0.3) is 10.6 Å². The molecule has 0 radical (unpaired) electrons. The number of aromatic nitrogens is 3. The Kier molecular flexibility index (Phi) is 3.83. The Balaban J connectivity index is 1.39. The van der Waals surface area contributed by atoms with Crippen molar-refractivity contribution in [1.29, 1.82) is 0 Å². The molecule has 0 bridgehead atoms. The third kappa shape index (κ3) is 2.47. The molecule has 1 spiro atoms. The fourth-order valence-corrected chi connectivity index (χ4v) is 5.28. The number of methoxy groups -OCH3 is 1. The van der Waals surface area contributed by atoms with E-state index in [4.69, 9.17) is 9.72 Å². The van der Waals surface area contributed by atoms with Gasteiger partial charge in [0.1, 0.15) is 5.82 Å². The Morgan fingerprint density at radius 2 is 2.12 bits per heavy atom. The molecule has 0 unspecified atom stereocenters. The first kappa shape index (κ1) is 16.0. The van der Waals surface area contributed by atoms with Gasteiger partial charge >= 0.3 is 0 Å². The zero-order valence-electron chi connectivity index (χ0n) is 14.9. The first-order valence-corrected chi connectivity index (χ1v) is 9.97. The summed E-state index contributed by atoms with van der Waals surface area (Å²) in [5, 5.41) is 2.14. The molecule has 1 atom stereocenters. The second-order valence-corrected chi connectivity index (χ2v) is 8.21. The number of hydrogen-bond donors (Lipinski definition) is 0. The van der Waals surface area contributed by atoms with Crippen LogP contribution >= 0.6 is 11.3 Å². The number of likely N-dealkylation sites (tertiary alicyclic amines) is 1. The quantitative estimate of drug-likeness (QED) is 0.708. The molecule has 1 saturated heterocycles. The van der Waals surface area contributed by atoms with Crippen LogP contribution in [0.1, 0.15) is 24.2 Å². The SMILES string of the molecule is COc1ncccc1CN1CC[C@@]2(CCn3c(-c4cccs4)cnc32)C1. The number of nitrogens with zero attached hydrogens (tertiary/aromatic N) is 4. The molecule has 134 valence electrons. The lowest BCUT2D eigenvalue weighted by molar-refractivity contribution is 0.291. The second-order valence-electron chi connectivity index (χ2n) is 7.26. The number of imidazole rings is 1. The maximum Gasteiger partial charge on any atom is 0.217 e. The predicted octanol–water partition coefficient (Wildman–Crippen LogP) is 3.56. The molecule has 26 heavy (non-hydrogen) atoms. The van der Waals surface area contributed by atoms with E-state index in [0.29, 0.717) is 0 Å². The van der Waals surface area contributed by atoms with Gasteiger partial charge in [-0.05, 0) is 36.9 Å². The average molecular weight is 366 g/mol. The Morgan fingerprint density at radius 1 is 1.19 bits per heavy atom. The van der Waals surface area contributed by atoms with Crippen LogP contribution in [0, 0.1) is 0 Å². The van der Waals surface area contributed by atoms with E-state index in [0.717, 1.165) is 37.6 Å². The topological polar surface area (TPSA) is 43.2 Å². The molecule has 0 saturated carbocycles. The summed E-state index contributed by atoms with van der Waals surface area (Å²) in [5.74, 6) is 2.02. The van der Waals surface area contributed by atoms with Crippen LogP contribution in [0.15, 0.2) is 42.0 Å². The van der Waals surface area contributed by atoms with Gasteiger partial charge in [-0.15, -0.1) is 11.3 Å². The van der Waals surface area contributed by atoms with Gasteiger partial charge in [0.15, 0.2) is 0 Å². The van der Waals surface area contributed by atoms with Crippen LogP contribution in [0.5, 0.6) is 5.88 Å². The molecule has 2 aliphatic heterocycles. The van der Waals surface area contributed by atoms with E-state index in [1.54, 1.807) is 24.6 Å². The van der Waals surface area contributed by atoms with Gasteiger partial charge in [0.05, 0.1) is 23.9 Å². The van der Waals surface area contributed by atoms with E-state index in [1.165, 1.54) is 29.2 Å². The van der Waals surface area contributed by atoms with Gasteiger partial charge in [0.2, 0.25) is 5.88 Å². The van der Waals surface area contributed by atoms with Crippen molar-refractivity contribution in [2.45, 2.75) is 31.3 Å². The standard InChI is InChI=1S/C20H22N4OS/c1-25-18-15(4-2-8-21-18)13-23-9-6-20(14-23)7-10-24-16(12-22-19(20)24)17-5-3-11-26-17/h2-5,8,11-12H,6-7,9-10,13-14H2,1H3/t20-/m1/s1. The van der Waals surface area contributed by atoms with Gasteiger partial charge in [0.25, 0.3) is 0 Å². The molecule has 6 heteroatoms. The fraction of sp³-hybridized carbons (Fsp3) is 0.400. The molecule has 0 N–H and O–H groups in total. The molecule has 0 aromatic carbocycles. The summed E-state index contributed by atoms with van der Waals surface area (Å²) >= 11 is 1.79. The van der Waals surface area contributed by atoms with Crippen LogP contribution in [0.2, 0.25) is 0 Å². The summed E-state index contributed by atoms with van der Waals surface area (Å²) in [7, 11) is 1.69. The highest BCUT2D eigenvalue weighted by atomic mass is 32.1. The zero-order valence-corrected chi connectivity index (χ0v) is 15.7. The molecule has 5 heterocycles. The highest BCUT2D eigenvalue weighted by molar-refractivity contribution is 7.13. The average Bonchev–Trinajstić information content (AvgIpc) is 3.43. The Labute approximate surface area is 157 Å². The van der Waals surface area contributed by atoms with Crippen LogP contribution in [-0.4, -0.2) is 39.6 Å². The van der Waals surface area contributed by atoms with E-state index >= 15 is 0 Å². The number of rotatable bonds is 4. The minimum Gasteiger partial charge on any atom is -0.481 e.